The van der Waals surface area contributed by atoms with Gasteiger partial charge in [-0.3, -0.25) is 9.48 Å². The van der Waals surface area contributed by atoms with E-state index in [1.54, 1.807) is 35.9 Å². The molecule has 0 radical (unpaired) electrons. The summed E-state index contributed by atoms with van der Waals surface area (Å²) in [4.78, 5) is 24.9. The first-order chi connectivity index (χ1) is 12.1. The smallest absolute Gasteiger partial charge is 0.345 e. The topological polar surface area (TPSA) is 53.2 Å². The van der Waals surface area contributed by atoms with Crippen molar-refractivity contribution in [1.29, 1.82) is 0 Å². The first-order valence-corrected chi connectivity index (χ1v) is 8.27. The lowest BCUT2D eigenvalue weighted by Crippen LogP contribution is -2.24. The fraction of sp³-hybridized carbons (Fsp3) is 0.158. The minimum absolute atomic E-state index is 0.00716. The van der Waals surface area contributed by atoms with Gasteiger partial charge in [0.2, 0.25) is 0 Å². The molecule has 0 aliphatic heterocycles. The first kappa shape index (κ1) is 17.0. The highest BCUT2D eigenvalue weighted by Gasteiger charge is 2.20. The minimum atomic E-state index is -0.623. The molecular weight excluding hydrogens is 340 g/mol. The first-order valence-electron chi connectivity index (χ1n) is 7.89. The molecule has 0 bridgehead atoms. The summed E-state index contributed by atoms with van der Waals surface area (Å²) in [6, 6.07) is 16.6. The van der Waals surface area contributed by atoms with Crippen LogP contribution in [0.1, 0.15) is 22.8 Å². The molecule has 0 aliphatic carbocycles. The van der Waals surface area contributed by atoms with E-state index in [4.69, 9.17) is 16.3 Å². The van der Waals surface area contributed by atoms with Gasteiger partial charge in [0, 0.05) is 11.2 Å². The van der Waals surface area contributed by atoms with E-state index in [1.807, 2.05) is 30.3 Å². The van der Waals surface area contributed by atoms with Crippen LogP contribution in [-0.2, 0) is 11.3 Å². The lowest BCUT2D eigenvalue weighted by atomic mass is 10.2. The molecule has 1 heterocycles. The molecule has 2 aromatic carbocycles. The van der Waals surface area contributed by atoms with Gasteiger partial charge in [-0.05, 0) is 36.8 Å². The SMILES string of the molecule is CCOC(=O)c1cn(Cc2ccccc2)n(-c2ccc(Cl)cc2)c1=O. The summed E-state index contributed by atoms with van der Waals surface area (Å²) in [7, 11) is 0. The Morgan fingerprint density at radius 1 is 1.08 bits per heavy atom. The van der Waals surface area contributed by atoms with Crippen LogP contribution >= 0.6 is 11.6 Å². The van der Waals surface area contributed by atoms with Crippen molar-refractivity contribution in [2.24, 2.45) is 0 Å². The monoisotopic (exact) mass is 356 g/mol. The molecule has 6 heteroatoms. The zero-order chi connectivity index (χ0) is 17.8. The molecule has 3 rings (SSSR count). The van der Waals surface area contributed by atoms with Crippen molar-refractivity contribution >= 4 is 17.6 Å². The van der Waals surface area contributed by atoms with Gasteiger partial charge in [0.05, 0.1) is 18.8 Å². The zero-order valence-electron chi connectivity index (χ0n) is 13.7. The molecule has 0 unspecified atom stereocenters. The van der Waals surface area contributed by atoms with Crippen molar-refractivity contribution in [2.75, 3.05) is 6.61 Å². The molecule has 0 saturated carbocycles. The Morgan fingerprint density at radius 3 is 2.40 bits per heavy atom. The second-order valence-corrected chi connectivity index (χ2v) is 5.88. The number of hydrogen-bond acceptors (Lipinski definition) is 3. The van der Waals surface area contributed by atoms with Gasteiger partial charge in [0.15, 0.2) is 0 Å². The van der Waals surface area contributed by atoms with Crippen molar-refractivity contribution in [1.82, 2.24) is 9.36 Å². The number of ether oxygens (including phenoxy) is 1. The Hall–Kier alpha value is -2.79. The maximum absolute atomic E-state index is 12.8. The third-order valence-corrected chi connectivity index (χ3v) is 3.96. The minimum Gasteiger partial charge on any atom is -0.462 e. The molecule has 128 valence electrons. The van der Waals surface area contributed by atoms with Gasteiger partial charge in [-0.1, -0.05) is 41.9 Å². The number of carbonyl (C=O) groups is 1. The molecule has 0 aliphatic rings. The van der Waals surface area contributed by atoms with Gasteiger partial charge in [-0.25, -0.2) is 9.48 Å². The van der Waals surface area contributed by atoms with Crippen molar-refractivity contribution in [3.05, 3.63) is 87.3 Å². The molecule has 5 nitrogen and oxygen atoms in total. The molecular formula is C19H17ClN2O3. The Balaban J connectivity index is 2.11. The van der Waals surface area contributed by atoms with Crippen LogP contribution in [0, 0.1) is 0 Å². The van der Waals surface area contributed by atoms with E-state index in [2.05, 4.69) is 0 Å². The van der Waals surface area contributed by atoms with Crippen molar-refractivity contribution in [2.45, 2.75) is 13.5 Å². The molecule has 0 fully saturated rings. The van der Waals surface area contributed by atoms with Crippen LogP contribution in [-0.4, -0.2) is 21.9 Å². The van der Waals surface area contributed by atoms with Crippen molar-refractivity contribution < 1.29 is 9.53 Å². The molecule has 0 saturated heterocycles. The predicted octanol–water partition coefficient (Wildman–Crippen LogP) is 3.52. The summed E-state index contributed by atoms with van der Waals surface area (Å²) in [6.45, 7) is 2.36. The Morgan fingerprint density at radius 2 is 1.76 bits per heavy atom. The molecule has 0 spiro atoms. The maximum Gasteiger partial charge on any atom is 0.345 e. The normalized spacial score (nSPS) is 10.6. The largest absolute Gasteiger partial charge is 0.462 e. The average molecular weight is 357 g/mol. The van der Waals surface area contributed by atoms with E-state index in [9.17, 15) is 9.59 Å². The third kappa shape index (κ3) is 3.67. The van der Waals surface area contributed by atoms with Crippen LogP contribution in [0.25, 0.3) is 5.69 Å². The van der Waals surface area contributed by atoms with Crippen LogP contribution in [0.4, 0.5) is 0 Å². The quantitative estimate of drug-likeness (QED) is 0.657. The van der Waals surface area contributed by atoms with E-state index in [0.29, 0.717) is 17.3 Å². The highest BCUT2D eigenvalue weighted by atomic mass is 35.5. The van der Waals surface area contributed by atoms with Gasteiger partial charge in [-0.2, -0.15) is 0 Å². The second-order valence-electron chi connectivity index (χ2n) is 5.44. The summed E-state index contributed by atoms with van der Waals surface area (Å²) in [6.07, 6.45) is 1.53. The van der Waals surface area contributed by atoms with Crippen LogP contribution in [0.5, 0.6) is 0 Å². The fourth-order valence-corrected chi connectivity index (χ4v) is 2.70. The average Bonchev–Trinajstić information content (AvgIpc) is 2.93. The summed E-state index contributed by atoms with van der Waals surface area (Å²) < 4.78 is 8.15. The van der Waals surface area contributed by atoms with Crippen LogP contribution in [0.2, 0.25) is 5.02 Å². The lowest BCUT2D eigenvalue weighted by molar-refractivity contribution is 0.0524. The van der Waals surface area contributed by atoms with E-state index >= 15 is 0 Å². The third-order valence-electron chi connectivity index (χ3n) is 3.71. The molecule has 0 N–H and O–H groups in total. The number of esters is 1. The summed E-state index contributed by atoms with van der Waals surface area (Å²) in [5.74, 6) is -0.623. The van der Waals surface area contributed by atoms with E-state index in [0.717, 1.165) is 5.56 Å². The van der Waals surface area contributed by atoms with Gasteiger partial charge < -0.3 is 4.74 Å². The number of rotatable bonds is 5. The molecule has 1 aromatic heterocycles. The van der Waals surface area contributed by atoms with Gasteiger partial charge in [-0.15, -0.1) is 0 Å². The number of halogens is 1. The fourth-order valence-electron chi connectivity index (χ4n) is 2.58. The zero-order valence-corrected chi connectivity index (χ0v) is 14.4. The highest BCUT2D eigenvalue weighted by molar-refractivity contribution is 6.30. The number of hydrogen-bond donors (Lipinski definition) is 0. The maximum atomic E-state index is 12.8. The molecule has 3 aromatic rings. The summed E-state index contributed by atoms with van der Waals surface area (Å²) >= 11 is 5.94. The van der Waals surface area contributed by atoms with E-state index in [-0.39, 0.29) is 12.2 Å². The van der Waals surface area contributed by atoms with E-state index < -0.39 is 11.5 Å². The van der Waals surface area contributed by atoms with Gasteiger partial charge >= 0.3 is 5.97 Å². The Labute approximate surface area is 150 Å². The standard InChI is InChI=1S/C19H17ClN2O3/c1-2-25-19(24)17-13-21(12-14-6-4-3-5-7-14)22(18(17)23)16-10-8-15(20)9-11-16/h3-11,13H,2,12H2,1H3. The number of aromatic nitrogens is 2. The Kier molecular flexibility index (Phi) is 5.05. The highest BCUT2D eigenvalue weighted by Crippen LogP contribution is 2.14. The molecule has 0 amide bonds. The summed E-state index contributed by atoms with van der Waals surface area (Å²) in [5, 5.41) is 0.573. The van der Waals surface area contributed by atoms with Gasteiger partial charge in [0.25, 0.3) is 5.56 Å². The predicted molar refractivity (Wildman–Crippen MR) is 96.5 cm³/mol. The van der Waals surface area contributed by atoms with Crippen LogP contribution < -0.4 is 5.56 Å². The number of nitrogens with zero attached hydrogens (tertiary/aromatic N) is 2. The lowest BCUT2D eigenvalue weighted by Gasteiger charge is -2.11. The van der Waals surface area contributed by atoms with Crippen LogP contribution in [0.3, 0.4) is 0 Å². The molecule has 25 heavy (non-hydrogen) atoms. The number of carbonyl (C=O) groups excluding carboxylic acids is 1. The van der Waals surface area contributed by atoms with Gasteiger partial charge in [0.1, 0.15) is 5.56 Å². The van der Waals surface area contributed by atoms with Crippen molar-refractivity contribution in [3.8, 4) is 5.69 Å². The molecule has 0 atom stereocenters. The number of benzene rings is 2. The second kappa shape index (κ2) is 7.40. The van der Waals surface area contributed by atoms with Crippen molar-refractivity contribution in [3.63, 3.8) is 0 Å². The van der Waals surface area contributed by atoms with Crippen LogP contribution in [0.15, 0.2) is 65.6 Å². The summed E-state index contributed by atoms with van der Waals surface area (Å²) in [5.41, 5.74) is 1.22. The Bertz CT molecular complexity index is 928. The van der Waals surface area contributed by atoms with E-state index in [1.165, 1.54) is 10.9 Å².